The number of thiophene rings is 1. The number of benzene rings is 1. The Bertz CT molecular complexity index is 1080. The minimum absolute atomic E-state index is 0.0694. The van der Waals surface area contributed by atoms with Crippen LogP contribution in [0.15, 0.2) is 54.3 Å². The molecule has 1 N–H and O–H groups in total. The summed E-state index contributed by atoms with van der Waals surface area (Å²) in [5, 5.41) is 5.04. The van der Waals surface area contributed by atoms with Crippen molar-refractivity contribution in [2.45, 2.75) is 51.1 Å². The summed E-state index contributed by atoms with van der Waals surface area (Å²) in [5.74, 6) is -1.28. The molecule has 1 aliphatic carbocycles. The molecule has 0 saturated heterocycles. The van der Waals surface area contributed by atoms with Gasteiger partial charge in [0.25, 0.3) is 5.91 Å². The van der Waals surface area contributed by atoms with E-state index in [0.717, 1.165) is 36.1 Å². The Morgan fingerprint density at radius 3 is 2.66 bits per heavy atom. The van der Waals surface area contributed by atoms with E-state index in [0.29, 0.717) is 0 Å². The summed E-state index contributed by atoms with van der Waals surface area (Å²) in [7, 11) is 0. The second-order valence-electron chi connectivity index (χ2n) is 7.96. The maximum Gasteiger partial charge on any atom is 0.279 e. The topological polar surface area (TPSA) is 75.2 Å². The Morgan fingerprint density at radius 1 is 1.19 bits per heavy atom. The predicted molar refractivity (Wildman–Crippen MR) is 122 cm³/mol. The van der Waals surface area contributed by atoms with Crippen LogP contribution in [0.3, 0.4) is 0 Å². The van der Waals surface area contributed by atoms with E-state index in [1.54, 1.807) is 6.07 Å². The van der Waals surface area contributed by atoms with Gasteiger partial charge in [-0.3, -0.25) is 19.5 Å². The Labute approximate surface area is 190 Å². The summed E-state index contributed by atoms with van der Waals surface area (Å²) >= 11 is 1.40. The largest absolute Gasteiger partial charge is 0.351 e. The van der Waals surface area contributed by atoms with Crippen LogP contribution in [0.1, 0.15) is 59.1 Å². The maximum absolute atomic E-state index is 14.2. The van der Waals surface area contributed by atoms with Crippen molar-refractivity contribution < 1.29 is 14.0 Å². The highest BCUT2D eigenvalue weighted by Crippen LogP contribution is 2.35. The van der Waals surface area contributed by atoms with E-state index in [4.69, 9.17) is 0 Å². The number of amides is 2. The molecule has 0 radical (unpaired) electrons. The summed E-state index contributed by atoms with van der Waals surface area (Å²) in [6, 6.07) is 6.76. The highest BCUT2D eigenvalue weighted by atomic mass is 32.1. The fourth-order valence-corrected chi connectivity index (χ4v) is 5.10. The average Bonchev–Trinajstić information content (AvgIpc) is 3.23. The second-order valence-corrected chi connectivity index (χ2v) is 8.91. The number of hydrogen-bond acceptors (Lipinski definition) is 5. The zero-order chi connectivity index (χ0) is 22.5. The molecule has 6 nitrogen and oxygen atoms in total. The summed E-state index contributed by atoms with van der Waals surface area (Å²) in [4.78, 5) is 37.5. The molecule has 3 aromatic rings. The van der Waals surface area contributed by atoms with E-state index in [9.17, 15) is 14.0 Å². The summed E-state index contributed by atoms with van der Waals surface area (Å²) in [5.41, 5.74) is 1.27. The molecule has 0 aliphatic heterocycles. The number of nitrogens with zero attached hydrogens (tertiary/aromatic N) is 3. The molecule has 2 heterocycles. The molecule has 0 spiro atoms. The van der Waals surface area contributed by atoms with Crippen molar-refractivity contribution in [1.29, 1.82) is 0 Å². The first kappa shape index (κ1) is 22.1. The zero-order valence-electron chi connectivity index (χ0n) is 17.8. The number of nitrogens with one attached hydrogen (secondary N) is 1. The highest BCUT2D eigenvalue weighted by Gasteiger charge is 2.36. The van der Waals surface area contributed by atoms with Crippen molar-refractivity contribution in [2.75, 3.05) is 4.90 Å². The Hall–Kier alpha value is -3.13. The van der Waals surface area contributed by atoms with Crippen LogP contribution >= 0.6 is 11.3 Å². The minimum atomic E-state index is -0.951. The summed E-state index contributed by atoms with van der Waals surface area (Å²) in [6.07, 6.45) is 9.39. The molecule has 1 fully saturated rings. The number of carbonyl (C=O) groups is 2. The average molecular weight is 453 g/mol. The third kappa shape index (κ3) is 4.85. The van der Waals surface area contributed by atoms with Crippen LogP contribution in [0.4, 0.5) is 10.1 Å². The van der Waals surface area contributed by atoms with Gasteiger partial charge in [-0.05, 0) is 55.0 Å². The molecule has 2 aromatic heterocycles. The lowest BCUT2D eigenvalue weighted by molar-refractivity contribution is -0.123. The lowest BCUT2D eigenvalue weighted by atomic mass is 9.95. The standard InChI is InChI=1S/C24H25FN4O2S/c1-16-10-13-32-22(16)21(23(30)28-18-7-3-2-4-8-18)29(19-9-5-6-17(25)14-19)24(31)20-15-26-11-12-27-20/h5-6,9-15,18,21H,2-4,7-8H2,1H3,(H,28,30)/t21-/m1/s1. The van der Waals surface area contributed by atoms with Crippen LogP contribution in [-0.4, -0.2) is 27.8 Å². The van der Waals surface area contributed by atoms with Gasteiger partial charge in [-0.1, -0.05) is 25.3 Å². The number of carbonyl (C=O) groups excluding carboxylic acids is 2. The van der Waals surface area contributed by atoms with E-state index in [-0.39, 0.29) is 23.3 Å². The SMILES string of the molecule is Cc1ccsc1[C@H](C(=O)NC1CCCCC1)N(C(=O)c1cnccn1)c1cccc(F)c1. The molecule has 1 aromatic carbocycles. The minimum Gasteiger partial charge on any atom is -0.351 e. The van der Waals surface area contributed by atoms with E-state index < -0.39 is 17.8 Å². The monoisotopic (exact) mass is 452 g/mol. The van der Waals surface area contributed by atoms with Crippen molar-refractivity contribution in [1.82, 2.24) is 15.3 Å². The second kappa shape index (κ2) is 9.99. The third-order valence-corrected chi connectivity index (χ3v) is 6.77. The molecule has 2 amide bonds. The quantitative estimate of drug-likeness (QED) is 0.582. The summed E-state index contributed by atoms with van der Waals surface area (Å²) in [6.45, 7) is 1.91. The molecule has 1 atom stereocenters. The van der Waals surface area contributed by atoms with Crippen LogP contribution in [0, 0.1) is 12.7 Å². The fourth-order valence-electron chi connectivity index (χ4n) is 4.09. The summed E-state index contributed by atoms with van der Waals surface area (Å²) < 4.78 is 14.2. The van der Waals surface area contributed by atoms with Crippen molar-refractivity contribution >= 4 is 28.8 Å². The van der Waals surface area contributed by atoms with Gasteiger partial charge >= 0.3 is 0 Å². The van der Waals surface area contributed by atoms with Gasteiger partial charge in [0.15, 0.2) is 6.04 Å². The number of aryl methyl sites for hydroxylation is 1. The predicted octanol–water partition coefficient (Wildman–Crippen LogP) is 4.82. The molecule has 4 rings (SSSR count). The number of aromatic nitrogens is 2. The molecule has 32 heavy (non-hydrogen) atoms. The van der Waals surface area contributed by atoms with Gasteiger partial charge in [-0.25, -0.2) is 9.37 Å². The van der Waals surface area contributed by atoms with Gasteiger partial charge in [-0.2, -0.15) is 0 Å². The van der Waals surface area contributed by atoms with Crippen molar-refractivity contribution in [3.8, 4) is 0 Å². The van der Waals surface area contributed by atoms with Gasteiger partial charge < -0.3 is 5.32 Å². The van der Waals surface area contributed by atoms with E-state index in [1.165, 1.54) is 59.4 Å². The van der Waals surface area contributed by atoms with Gasteiger partial charge in [0, 0.05) is 29.0 Å². The molecule has 1 aliphatic rings. The zero-order valence-corrected chi connectivity index (χ0v) is 18.6. The van der Waals surface area contributed by atoms with E-state index in [1.807, 2.05) is 18.4 Å². The molecular weight excluding hydrogens is 427 g/mol. The van der Waals surface area contributed by atoms with Crippen LogP contribution in [0.5, 0.6) is 0 Å². The molecule has 8 heteroatoms. The molecular formula is C24H25FN4O2S. The van der Waals surface area contributed by atoms with Crippen LogP contribution in [0.25, 0.3) is 0 Å². The van der Waals surface area contributed by atoms with Gasteiger partial charge in [0.2, 0.25) is 5.91 Å². The van der Waals surface area contributed by atoms with Crippen molar-refractivity contribution in [3.63, 3.8) is 0 Å². The van der Waals surface area contributed by atoms with Crippen LogP contribution in [-0.2, 0) is 4.79 Å². The van der Waals surface area contributed by atoms with E-state index in [2.05, 4.69) is 15.3 Å². The van der Waals surface area contributed by atoms with Crippen LogP contribution < -0.4 is 10.2 Å². The maximum atomic E-state index is 14.2. The van der Waals surface area contributed by atoms with Gasteiger partial charge in [0.1, 0.15) is 11.5 Å². The normalized spacial score (nSPS) is 15.2. The third-order valence-electron chi connectivity index (χ3n) is 5.70. The lowest BCUT2D eigenvalue weighted by Crippen LogP contribution is -2.47. The first-order valence-electron chi connectivity index (χ1n) is 10.7. The first-order valence-corrected chi connectivity index (χ1v) is 11.6. The van der Waals surface area contributed by atoms with Gasteiger partial charge in [-0.15, -0.1) is 11.3 Å². The first-order chi connectivity index (χ1) is 15.5. The van der Waals surface area contributed by atoms with Gasteiger partial charge in [0.05, 0.1) is 6.20 Å². The lowest BCUT2D eigenvalue weighted by Gasteiger charge is -2.33. The number of halogens is 1. The number of hydrogen-bond donors (Lipinski definition) is 1. The van der Waals surface area contributed by atoms with E-state index >= 15 is 0 Å². The molecule has 0 bridgehead atoms. The Morgan fingerprint density at radius 2 is 2.00 bits per heavy atom. The Balaban J connectivity index is 1.79. The smallest absolute Gasteiger partial charge is 0.279 e. The molecule has 0 unspecified atom stereocenters. The molecule has 166 valence electrons. The fraction of sp³-hybridized carbons (Fsp3) is 0.333. The highest BCUT2D eigenvalue weighted by molar-refractivity contribution is 7.10. The number of anilines is 1. The Kier molecular flexibility index (Phi) is 6.90. The molecule has 1 saturated carbocycles. The number of rotatable bonds is 6. The van der Waals surface area contributed by atoms with Crippen molar-refractivity contribution in [3.05, 3.63) is 76.3 Å². The van der Waals surface area contributed by atoms with Crippen LogP contribution in [0.2, 0.25) is 0 Å². The van der Waals surface area contributed by atoms with Crippen molar-refractivity contribution in [2.24, 2.45) is 0 Å².